The van der Waals surface area contributed by atoms with E-state index < -0.39 is 9.84 Å². The molecule has 2 rings (SSSR count). The highest BCUT2D eigenvalue weighted by Gasteiger charge is 2.22. The molecule has 1 saturated carbocycles. The number of nitrogens with two attached hydrogens (primary N) is 1. The van der Waals surface area contributed by atoms with Crippen LogP contribution in [0.3, 0.4) is 0 Å². The molecule has 0 saturated heterocycles. The number of anilines is 2. The smallest absolute Gasteiger partial charge is 0.177 e. The maximum Gasteiger partial charge on any atom is 0.177 e. The van der Waals surface area contributed by atoms with E-state index in [1.165, 1.54) is 25.5 Å². The van der Waals surface area contributed by atoms with Gasteiger partial charge in [-0.3, -0.25) is 0 Å². The van der Waals surface area contributed by atoms with Crippen LogP contribution in [0.25, 0.3) is 0 Å². The van der Waals surface area contributed by atoms with Gasteiger partial charge in [-0.05, 0) is 37.8 Å². The minimum Gasteiger partial charge on any atom is -0.396 e. The largest absolute Gasteiger partial charge is 0.396 e. The van der Waals surface area contributed by atoms with Crippen LogP contribution in [0, 0.1) is 5.92 Å². The molecule has 0 unspecified atom stereocenters. The van der Waals surface area contributed by atoms with Crippen molar-refractivity contribution in [2.24, 2.45) is 5.92 Å². The summed E-state index contributed by atoms with van der Waals surface area (Å²) in [7, 11) is -3.27. The van der Waals surface area contributed by atoms with Gasteiger partial charge in [0, 0.05) is 19.3 Å². The SMILES string of the molecule is CCN(CC1CCC1)c1cccc(S(C)(=O)=O)c1N. The van der Waals surface area contributed by atoms with Crippen molar-refractivity contribution in [3.8, 4) is 0 Å². The van der Waals surface area contributed by atoms with Gasteiger partial charge < -0.3 is 10.6 Å². The number of rotatable bonds is 5. The number of benzene rings is 1. The van der Waals surface area contributed by atoms with Gasteiger partial charge in [0.05, 0.1) is 16.3 Å². The standard InChI is InChI=1S/C14H22N2O2S/c1-3-16(10-11-6-4-7-11)12-8-5-9-13(14(12)15)19(2,17)18/h5,8-9,11H,3-4,6-7,10,15H2,1-2H3. The lowest BCUT2D eigenvalue weighted by atomic mass is 9.85. The number of nitrogen functional groups attached to an aromatic ring is 1. The van der Waals surface area contributed by atoms with Crippen molar-refractivity contribution in [2.45, 2.75) is 31.1 Å². The van der Waals surface area contributed by atoms with Crippen molar-refractivity contribution in [1.82, 2.24) is 0 Å². The first-order valence-electron chi connectivity index (χ1n) is 6.77. The van der Waals surface area contributed by atoms with E-state index in [4.69, 9.17) is 5.73 Å². The van der Waals surface area contributed by atoms with Gasteiger partial charge in [0.1, 0.15) is 0 Å². The maximum absolute atomic E-state index is 11.7. The summed E-state index contributed by atoms with van der Waals surface area (Å²) < 4.78 is 23.4. The Labute approximate surface area is 115 Å². The van der Waals surface area contributed by atoms with E-state index in [0.29, 0.717) is 5.69 Å². The van der Waals surface area contributed by atoms with E-state index in [2.05, 4.69) is 11.8 Å². The summed E-state index contributed by atoms with van der Waals surface area (Å²) in [5.74, 6) is 0.723. The molecule has 0 radical (unpaired) electrons. The molecule has 0 bridgehead atoms. The van der Waals surface area contributed by atoms with Crippen LogP contribution < -0.4 is 10.6 Å². The minimum absolute atomic E-state index is 0.233. The lowest BCUT2D eigenvalue weighted by Crippen LogP contribution is -2.33. The Morgan fingerprint density at radius 2 is 2.05 bits per heavy atom. The molecule has 2 N–H and O–H groups in total. The lowest BCUT2D eigenvalue weighted by molar-refractivity contribution is 0.318. The highest BCUT2D eigenvalue weighted by atomic mass is 32.2. The maximum atomic E-state index is 11.7. The fraction of sp³-hybridized carbons (Fsp3) is 0.571. The van der Waals surface area contributed by atoms with Crippen LogP contribution >= 0.6 is 0 Å². The Bertz CT molecular complexity index is 551. The van der Waals surface area contributed by atoms with Crippen molar-refractivity contribution >= 4 is 21.2 Å². The van der Waals surface area contributed by atoms with E-state index in [1.54, 1.807) is 12.1 Å². The molecule has 0 spiro atoms. The average Bonchev–Trinajstić information content (AvgIpc) is 2.28. The molecule has 106 valence electrons. The summed E-state index contributed by atoms with van der Waals surface area (Å²) in [5.41, 5.74) is 7.29. The highest BCUT2D eigenvalue weighted by molar-refractivity contribution is 7.90. The number of hydrogen-bond acceptors (Lipinski definition) is 4. The normalized spacial score (nSPS) is 16.1. The van der Waals surface area contributed by atoms with Crippen LogP contribution in [0.5, 0.6) is 0 Å². The molecule has 1 aliphatic carbocycles. The molecule has 0 heterocycles. The van der Waals surface area contributed by atoms with Crippen LogP contribution in [0.1, 0.15) is 26.2 Å². The van der Waals surface area contributed by atoms with Gasteiger partial charge >= 0.3 is 0 Å². The van der Waals surface area contributed by atoms with Gasteiger partial charge in [-0.25, -0.2) is 8.42 Å². The van der Waals surface area contributed by atoms with Gasteiger partial charge in [-0.2, -0.15) is 0 Å². The topological polar surface area (TPSA) is 63.4 Å². The predicted molar refractivity (Wildman–Crippen MR) is 79.2 cm³/mol. The van der Waals surface area contributed by atoms with Gasteiger partial charge in [-0.1, -0.05) is 12.5 Å². The molecule has 0 aromatic heterocycles. The molecular formula is C14H22N2O2S. The van der Waals surface area contributed by atoms with Crippen molar-refractivity contribution in [3.63, 3.8) is 0 Å². The highest BCUT2D eigenvalue weighted by Crippen LogP contribution is 2.33. The molecule has 1 aromatic carbocycles. The van der Waals surface area contributed by atoms with Gasteiger partial charge in [0.2, 0.25) is 0 Å². The molecule has 1 aromatic rings. The van der Waals surface area contributed by atoms with Gasteiger partial charge in [0.15, 0.2) is 9.84 Å². The zero-order chi connectivity index (χ0) is 14.0. The van der Waals surface area contributed by atoms with E-state index >= 15 is 0 Å². The van der Waals surface area contributed by atoms with Crippen LogP contribution in [0.2, 0.25) is 0 Å². The number of hydrogen-bond donors (Lipinski definition) is 1. The number of sulfone groups is 1. The van der Waals surface area contributed by atoms with E-state index in [9.17, 15) is 8.42 Å². The zero-order valence-corrected chi connectivity index (χ0v) is 12.4. The third kappa shape index (κ3) is 3.03. The van der Waals surface area contributed by atoms with Crippen LogP contribution in [-0.4, -0.2) is 27.8 Å². The fourth-order valence-corrected chi connectivity index (χ4v) is 3.35. The number of nitrogens with zero attached hydrogens (tertiary/aromatic N) is 1. The molecule has 1 aliphatic rings. The third-order valence-corrected chi connectivity index (χ3v) is 5.02. The molecule has 0 atom stereocenters. The first kappa shape index (κ1) is 14.2. The second-order valence-corrected chi connectivity index (χ2v) is 7.28. The molecule has 19 heavy (non-hydrogen) atoms. The van der Waals surface area contributed by atoms with Crippen molar-refractivity contribution in [2.75, 3.05) is 30.0 Å². The summed E-state index contributed by atoms with van der Waals surface area (Å²) in [5, 5.41) is 0. The average molecular weight is 282 g/mol. The second-order valence-electron chi connectivity index (χ2n) is 5.30. The summed E-state index contributed by atoms with van der Waals surface area (Å²) >= 11 is 0. The molecule has 1 fully saturated rings. The monoisotopic (exact) mass is 282 g/mol. The second kappa shape index (κ2) is 5.41. The van der Waals surface area contributed by atoms with E-state index in [-0.39, 0.29) is 4.90 Å². The number of para-hydroxylation sites is 1. The Kier molecular flexibility index (Phi) is 4.04. The summed E-state index contributed by atoms with van der Waals surface area (Å²) in [6.45, 7) is 3.88. The lowest BCUT2D eigenvalue weighted by Gasteiger charge is -2.34. The first-order chi connectivity index (χ1) is 8.93. The van der Waals surface area contributed by atoms with Crippen molar-refractivity contribution < 1.29 is 8.42 Å². The van der Waals surface area contributed by atoms with Gasteiger partial charge in [-0.15, -0.1) is 0 Å². The molecule has 5 heteroatoms. The molecule has 4 nitrogen and oxygen atoms in total. The third-order valence-electron chi connectivity index (χ3n) is 3.87. The summed E-state index contributed by atoms with van der Waals surface area (Å²) in [6, 6.07) is 5.25. The van der Waals surface area contributed by atoms with Crippen LogP contribution in [-0.2, 0) is 9.84 Å². The van der Waals surface area contributed by atoms with Crippen molar-refractivity contribution in [3.05, 3.63) is 18.2 Å². The van der Waals surface area contributed by atoms with Crippen LogP contribution in [0.4, 0.5) is 11.4 Å². The zero-order valence-electron chi connectivity index (χ0n) is 11.6. The van der Waals surface area contributed by atoms with E-state index in [0.717, 1.165) is 24.7 Å². The van der Waals surface area contributed by atoms with Crippen LogP contribution in [0.15, 0.2) is 23.1 Å². The molecule has 0 aliphatic heterocycles. The molecule has 0 amide bonds. The Morgan fingerprint density at radius 1 is 1.37 bits per heavy atom. The summed E-state index contributed by atoms with van der Waals surface area (Å²) in [4.78, 5) is 2.42. The molecular weight excluding hydrogens is 260 g/mol. The van der Waals surface area contributed by atoms with Crippen molar-refractivity contribution in [1.29, 1.82) is 0 Å². The van der Waals surface area contributed by atoms with Gasteiger partial charge in [0.25, 0.3) is 0 Å². The quantitative estimate of drug-likeness (QED) is 0.842. The first-order valence-corrected chi connectivity index (χ1v) is 8.66. The Hall–Kier alpha value is -1.23. The summed E-state index contributed by atoms with van der Waals surface area (Å²) in [6.07, 6.45) is 5.04. The minimum atomic E-state index is -3.27. The Morgan fingerprint density at radius 3 is 2.53 bits per heavy atom. The Balaban J connectivity index is 2.32. The van der Waals surface area contributed by atoms with E-state index in [1.807, 2.05) is 6.07 Å². The fourth-order valence-electron chi connectivity index (χ4n) is 2.52. The predicted octanol–water partition coefficient (Wildman–Crippen LogP) is 2.30.